The number of benzene rings is 1. The fraction of sp³-hybridized carbons (Fsp3) is 0.333. The molecule has 0 aromatic heterocycles. The molecule has 0 spiro atoms. The molecule has 4 nitrogen and oxygen atoms in total. The van der Waals surface area contributed by atoms with Gasteiger partial charge in [-0.05, 0) is 12.1 Å². The Labute approximate surface area is 100 Å². The fourth-order valence-corrected chi connectivity index (χ4v) is 1.69. The van der Waals surface area contributed by atoms with Gasteiger partial charge in [-0.25, -0.2) is 0 Å². The van der Waals surface area contributed by atoms with E-state index in [9.17, 15) is 10.1 Å². The number of rotatable bonds is 4. The van der Waals surface area contributed by atoms with Gasteiger partial charge < -0.3 is 4.74 Å². The molecule has 0 amide bonds. The summed E-state index contributed by atoms with van der Waals surface area (Å²) >= 11 is 8.87. The molecule has 1 aromatic rings. The van der Waals surface area contributed by atoms with Crippen molar-refractivity contribution in [3.8, 4) is 5.75 Å². The van der Waals surface area contributed by atoms with Crippen LogP contribution in [0.3, 0.4) is 0 Å². The molecule has 0 bridgehead atoms. The first kappa shape index (κ1) is 12.3. The van der Waals surface area contributed by atoms with Crippen LogP contribution in [0.5, 0.6) is 5.75 Å². The number of nitro benzene ring substituents is 1. The molecule has 0 aliphatic heterocycles. The van der Waals surface area contributed by atoms with Gasteiger partial charge in [-0.2, -0.15) is 0 Å². The van der Waals surface area contributed by atoms with Crippen LogP contribution < -0.4 is 4.74 Å². The molecule has 0 heterocycles. The van der Waals surface area contributed by atoms with Crippen molar-refractivity contribution in [2.24, 2.45) is 0 Å². The SMILES string of the molecule is COc1ccc(CC(Cl)Br)c([N+](=O)[O-])c1. The van der Waals surface area contributed by atoms with Crippen molar-refractivity contribution in [1.82, 2.24) is 0 Å². The average Bonchev–Trinajstić information content (AvgIpc) is 2.17. The van der Waals surface area contributed by atoms with Gasteiger partial charge in [0.15, 0.2) is 0 Å². The van der Waals surface area contributed by atoms with E-state index < -0.39 is 4.92 Å². The molecule has 1 unspecified atom stereocenters. The van der Waals surface area contributed by atoms with Crippen molar-refractivity contribution in [2.45, 2.75) is 10.7 Å². The van der Waals surface area contributed by atoms with Crippen molar-refractivity contribution < 1.29 is 9.66 Å². The van der Waals surface area contributed by atoms with Crippen molar-refractivity contribution in [2.75, 3.05) is 7.11 Å². The molecule has 0 N–H and O–H groups in total. The first-order chi connectivity index (χ1) is 7.04. The highest BCUT2D eigenvalue weighted by atomic mass is 79.9. The van der Waals surface area contributed by atoms with Gasteiger partial charge >= 0.3 is 0 Å². The molecule has 0 aliphatic rings. The first-order valence-corrected chi connectivity index (χ1v) is 5.49. The maximum Gasteiger partial charge on any atom is 0.276 e. The summed E-state index contributed by atoms with van der Waals surface area (Å²) < 4.78 is 4.60. The normalized spacial score (nSPS) is 12.2. The minimum Gasteiger partial charge on any atom is -0.497 e. The Hall–Kier alpha value is -0.810. The van der Waals surface area contributed by atoms with Gasteiger partial charge in [-0.1, -0.05) is 15.9 Å². The van der Waals surface area contributed by atoms with Crippen LogP contribution in [0.2, 0.25) is 0 Å². The lowest BCUT2D eigenvalue weighted by Gasteiger charge is -2.05. The van der Waals surface area contributed by atoms with Gasteiger partial charge in [0.2, 0.25) is 0 Å². The lowest BCUT2D eigenvalue weighted by Crippen LogP contribution is -2.00. The van der Waals surface area contributed by atoms with Crippen molar-refractivity contribution in [1.29, 1.82) is 0 Å². The van der Waals surface area contributed by atoms with Crippen LogP contribution in [0.4, 0.5) is 5.69 Å². The van der Waals surface area contributed by atoms with Gasteiger partial charge in [0.25, 0.3) is 5.69 Å². The average molecular weight is 295 g/mol. The zero-order chi connectivity index (χ0) is 11.4. The Morgan fingerprint density at radius 3 is 2.80 bits per heavy atom. The lowest BCUT2D eigenvalue weighted by molar-refractivity contribution is -0.385. The molecule has 1 rings (SSSR count). The largest absolute Gasteiger partial charge is 0.497 e. The van der Waals surface area contributed by atoms with E-state index >= 15 is 0 Å². The maximum atomic E-state index is 10.8. The van der Waals surface area contributed by atoms with E-state index in [-0.39, 0.29) is 9.97 Å². The predicted octanol–water partition coefficient (Wildman–Crippen LogP) is 3.11. The highest BCUT2D eigenvalue weighted by Gasteiger charge is 2.16. The number of hydrogen-bond acceptors (Lipinski definition) is 3. The molecule has 1 aromatic carbocycles. The van der Waals surface area contributed by atoms with Crippen LogP contribution in [-0.2, 0) is 6.42 Å². The highest BCUT2D eigenvalue weighted by molar-refractivity contribution is 9.10. The Morgan fingerprint density at radius 2 is 2.33 bits per heavy atom. The molecule has 15 heavy (non-hydrogen) atoms. The van der Waals surface area contributed by atoms with Gasteiger partial charge in [0.1, 0.15) is 5.75 Å². The number of ether oxygens (including phenoxy) is 1. The molecule has 0 radical (unpaired) electrons. The number of halogens is 2. The standard InChI is InChI=1S/C9H9BrClNO3/c1-15-7-3-2-6(4-9(10)11)8(5-7)12(13)14/h2-3,5,9H,4H2,1H3. The summed E-state index contributed by atoms with van der Waals surface area (Å²) in [6.45, 7) is 0. The Kier molecular flexibility index (Phi) is 4.35. The molecule has 6 heteroatoms. The molecule has 0 aliphatic carbocycles. The summed E-state index contributed by atoms with van der Waals surface area (Å²) in [5.74, 6) is 0.464. The van der Waals surface area contributed by atoms with Crippen molar-refractivity contribution in [3.63, 3.8) is 0 Å². The fourth-order valence-electron chi connectivity index (χ4n) is 1.18. The Balaban J connectivity index is 3.09. The molecule has 0 saturated heterocycles. The second-order valence-corrected chi connectivity index (χ2v) is 5.01. The summed E-state index contributed by atoms with van der Waals surface area (Å²) in [5.41, 5.74) is 0.608. The van der Waals surface area contributed by atoms with Gasteiger partial charge in [0.05, 0.1) is 22.4 Å². The minimum atomic E-state index is -0.440. The molecule has 0 saturated carbocycles. The van der Waals surface area contributed by atoms with Crippen LogP contribution >= 0.6 is 27.5 Å². The summed E-state index contributed by atoms with van der Waals surface area (Å²) in [5, 5.41) is 10.8. The van der Waals surface area contributed by atoms with Crippen LogP contribution in [-0.4, -0.2) is 16.3 Å². The quantitative estimate of drug-likeness (QED) is 0.487. The lowest BCUT2D eigenvalue weighted by atomic mass is 10.1. The topological polar surface area (TPSA) is 52.4 Å². The zero-order valence-electron chi connectivity index (χ0n) is 7.94. The predicted molar refractivity (Wildman–Crippen MR) is 61.9 cm³/mol. The first-order valence-electron chi connectivity index (χ1n) is 4.14. The smallest absolute Gasteiger partial charge is 0.276 e. The monoisotopic (exact) mass is 293 g/mol. The molecule has 82 valence electrons. The second-order valence-electron chi connectivity index (χ2n) is 2.85. The Morgan fingerprint density at radius 1 is 1.67 bits per heavy atom. The zero-order valence-corrected chi connectivity index (χ0v) is 10.3. The van der Waals surface area contributed by atoms with Crippen molar-refractivity contribution >= 4 is 33.2 Å². The van der Waals surface area contributed by atoms with E-state index in [1.54, 1.807) is 12.1 Å². The molecular formula is C9H9BrClNO3. The number of hydrogen-bond donors (Lipinski definition) is 0. The van der Waals surface area contributed by atoms with E-state index in [0.717, 1.165) is 0 Å². The molecule has 1 atom stereocenters. The number of nitrogens with zero attached hydrogens (tertiary/aromatic N) is 1. The van der Waals surface area contributed by atoms with E-state index in [1.165, 1.54) is 13.2 Å². The summed E-state index contributed by atoms with van der Waals surface area (Å²) in [6, 6.07) is 4.71. The summed E-state index contributed by atoms with van der Waals surface area (Å²) in [6.07, 6.45) is 0.391. The van der Waals surface area contributed by atoms with Crippen LogP contribution in [0, 0.1) is 10.1 Å². The highest BCUT2D eigenvalue weighted by Crippen LogP contribution is 2.27. The third kappa shape index (κ3) is 3.35. The third-order valence-electron chi connectivity index (χ3n) is 1.86. The van der Waals surface area contributed by atoms with E-state index in [1.807, 2.05) is 0 Å². The minimum absolute atomic E-state index is 0.0273. The van der Waals surface area contributed by atoms with Gasteiger partial charge in [-0.15, -0.1) is 11.6 Å². The molecule has 0 fully saturated rings. The molecular weight excluding hydrogens is 285 g/mol. The summed E-state index contributed by atoms with van der Waals surface area (Å²) in [7, 11) is 1.47. The van der Waals surface area contributed by atoms with Crippen molar-refractivity contribution in [3.05, 3.63) is 33.9 Å². The van der Waals surface area contributed by atoms with Crippen LogP contribution in [0.1, 0.15) is 5.56 Å². The van der Waals surface area contributed by atoms with Gasteiger partial charge in [0, 0.05) is 12.0 Å². The third-order valence-corrected chi connectivity index (χ3v) is 2.34. The van der Waals surface area contributed by atoms with E-state index in [2.05, 4.69) is 15.9 Å². The number of methoxy groups -OCH3 is 1. The second kappa shape index (κ2) is 5.32. The van der Waals surface area contributed by atoms with Crippen LogP contribution in [0.15, 0.2) is 18.2 Å². The van der Waals surface area contributed by atoms with Crippen LogP contribution in [0.25, 0.3) is 0 Å². The van der Waals surface area contributed by atoms with E-state index in [4.69, 9.17) is 16.3 Å². The Bertz CT molecular complexity index is 370. The van der Waals surface area contributed by atoms with Gasteiger partial charge in [-0.3, -0.25) is 10.1 Å². The number of nitro groups is 1. The number of alkyl halides is 2. The summed E-state index contributed by atoms with van der Waals surface area (Å²) in [4.78, 5) is 10.3. The maximum absolute atomic E-state index is 10.8. The van der Waals surface area contributed by atoms with E-state index in [0.29, 0.717) is 17.7 Å².